The minimum Gasteiger partial charge on any atom is -0.355 e. The molecule has 0 radical (unpaired) electrons. The molecule has 3 amide bonds. The molecule has 0 aliphatic rings. The Hall–Kier alpha value is -4.41. The topological polar surface area (TPSA) is 100 Å². The van der Waals surface area contributed by atoms with Crippen molar-refractivity contribution in [1.29, 1.82) is 0 Å². The van der Waals surface area contributed by atoms with Gasteiger partial charge in [-0.15, -0.1) is 0 Å². The Kier molecular flexibility index (Phi) is 6.17. The largest absolute Gasteiger partial charge is 0.405 e. The average Bonchev–Trinajstić information content (AvgIpc) is 3.25. The summed E-state index contributed by atoms with van der Waals surface area (Å²) in [5.41, 5.74) is 4.36. The van der Waals surface area contributed by atoms with E-state index in [1.807, 2.05) is 22.7 Å². The number of imidazole rings is 1. The number of amides is 3. The standard InChI is InChI=1S/C23H19F3N6O2/c1-27-21(33)16-5-6-18(28-11-16)14-7-8-32-19(12-29-20(32)10-14)15-3-2-4-17(9-15)31-22(34)30-13-23(24,25)26/h2-12H,13H2,1H3,(H,27,33)(H2,30,31,34). The lowest BCUT2D eigenvalue weighted by Crippen LogP contribution is -2.36. The van der Waals surface area contributed by atoms with Crippen LogP contribution in [0.25, 0.3) is 28.2 Å². The molecule has 0 aliphatic heterocycles. The minimum atomic E-state index is -4.49. The van der Waals surface area contributed by atoms with E-state index in [-0.39, 0.29) is 5.91 Å². The predicted molar refractivity (Wildman–Crippen MR) is 120 cm³/mol. The maximum Gasteiger partial charge on any atom is 0.405 e. The summed E-state index contributed by atoms with van der Waals surface area (Å²) in [6.07, 6.45) is 0.483. The molecule has 8 nitrogen and oxygen atoms in total. The van der Waals surface area contributed by atoms with E-state index in [0.29, 0.717) is 28.2 Å². The third-order valence-corrected chi connectivity index (χ3v) is 4.93. The number of carbonyl (C=O) groups excluding carboxylic acids is 2. The van der Waals surface area contributed by atoms with Gasteiger partial charge in [-0.05, 0) is 36.4 Å². The van der Waals surface area contributed by atoms with Crippen LogP contribution < -0.4 is 16.0 Å². The first-order valence-corrected chi connectivity index (χ1v) is 10.1. The molecule has 11 heteroatoms. The van der Waals surface area contributed by atoms with E-state index in [9.17, 15) is 22.8 Å². The van der Waals surface area contributed by atoms with Gasteiger partial charge in [0.25, 0.3) is 5.91 Å². The highest BCUT2D eigenvalue weighted by molar-refractivity contribution is 5.94. The summed E-state index contributed by atoms with van der Waals surface area (Å²) >= 11 is 0. The van der Waals surface area contributed by atoms with E-state index in [1.165, 1.54) is 6.20 Å². The SMILES string of the molecule is CNC(=O)c1ccc(-c2ccn3c(-c4cccc(NC(=O)NCC(F)(F)F)c4)cnc3c2)nc1. The zero-order valence-electron chi connectivity index (χ0n) is 17.8. The van der Waals surface area contributed by atoms with Gasteiger partial charge in [-0.2, -0.15) is 13.2 Å². The van der Waals surface area contributed by atoms with Crippen LogP contribution in [0.15, 0.2) is 67.1 Å². The highest BCUT2D eigenvalue weighted by Gasteiger charge is 2.27. The highest BCUT2D eigenvalue weighted by atomic mass is 19.4. The van der Waals surface area contributed by atoms with E-state index < -0.39 is 18.8 Å². The summed E-state index contributed by atoms with van der Waals surface area (Å²) in [6.45, 7) is -1.42. The number of hydrogen-bond donors (Lipinski definition) is 3. The Morgan fingerprint density at radius 1 is 1.00 bits per heavy atom. The number of aromatic nitrogens is 3. The number of fused-ring (bicyclic) bond motifs is 1. The van der Waals surface area contributed by atoms with E-state index in [0.717, 1.165) is 11.3 Å². The normalized spacial score (nSPS) is 11.3. The Morgan fingerprint density at radius 3 is 2.53 bits per heavy atom. The number of hydrogen-bond acceptors (Lipinski definition) is 4. The number of carbonyl (C=O) groups is 2. The third kappa shape index (κ3) is 5.14. The molecule has 174 valence electrons. The zero-order chi connectivity index (χ0) is 24.3. The summed E-state index contributed by atoms with van der Waals surface area (Å²) in [4.78, 5) is 32.2. The molecule has 4 aromatic rings. The Bertz CT molecular complexity index is 1350. The van der Waals surface area contributed by atoms with Gasteiger partial charge < -0.3 is 16.0 Å². The number of anilines is 1. The van der Waals surface area contributed by atoms with Crippen LogP contribution in [0.2, 0.25) is 0 Å². The molecule has 34 heavy (non-hydrogen) atoms. The number of nitrogens with one attached hydrogen (secondary N) is 3. The van der Waals surface area contributed by atoms with Crippen molar-refractivity contribution in [1.82, 2.24) is 25.0 Å². The van der Waals surface area contributed by atoms with Crippen LogP contribution in [0.4, 0.5) is 23.7 Å². The molecule has 0 unspecified atom stereocenters. The second kappa shape index (κ2) is 9.22. The van der Waals surface area contributed by atoms with Crippen molar-refractivity contribution in [3.63, 3.8) is 0 Å². The fourth-order valence-corrected chi connectivity index (χ4v) is 3.31. The maximum absolute atomic E-state index is 12.3. The molecule has 3 heterocycles. The molecule has 0 aliphatic carbocycles. The van der Waals surface area contributed by atoms with Gasteiger partial charge in [-0.3, -0.25) is 14.2 Å². The van der Waals surface area contributed by atoms with Crippen LogP contribution in [0, 0.1) is 0 Å². The lowest BCUT2D eigenvalue weighted by Gasteiger charge is -2.11. The Labute approximate surface area is 191 Å². The molecule has 3 N–H and O–H groups in total. The van der Waals surface area contributed by atoms with Crippen molar-refractivity contribution in [3.8, 4) is 22.5 Å². The molecular weight excluding hydrogens is 449 g/mol. The van der Waals surface area contributed by atoms with Gasteiger partial charge in [0.1, 0.15) is 12.2 Å². The average molecular weight is 468 g/mol. The quantitative estimate of drug-likeness (QED) is 0.411. The number of rotatable bonds is 5. The van der Waals surface area contributed by atoms with Crippen LogP contribution in [0.1, 0.15) is 10.4 Å². The third-order valence-electron chi connectivity index (χ3n) is 4.93. The van der Waals surface area contributed by atoms with Crippen LogP contribution >= 0.6 is 0 Å². The molecular formula is C23H19F3N6O2. The van der Waals surface area contributed by atoms with Crippen molar-refractivity contribution < 1.29 is 22.8 Å². The van der Waals surface area contributed by atoms with Gasteiger partial charge >= 0.3 is 12.2 Å². The van der Waals surface area contributed by atoms with Crippen molar-refractivity contribution in [3.05, 3.63) is 72.7 Å². The van der Waals surface area contributed by atoms with E-state index in [1.54, 1.807) is 55.0 Å². The van der Waals surface area contributed by atoms with E-state index in [2.05, 4.69) is 20.6 Å². The van der Waals surface area contributed by atoms with Crippen LogP contribution in [-0.4, -0.2) is 46.1 Å². The fraction of sp³-hybridized carbons (Fsp3) is 0.130. The van der Waals surface area contributed by atoms with Crippen LogP contribution in [-0.2, 0) is 0 Å². The molecule has 1 aromatic carbocycles. The maximum atomic E-state index is 12.3. The van der Waals surface area contributed by atoms with Gasteiger partial charge in [-0.1, -0.05) is 12.1 Å². The summed E-state index contributed by atoms with van der Waals surface area (Å²) in [7, 11) is 1.55. The molecule has 3 aromatic heterocycles. The molecule has 0 fully saturated rings. The second-order valence-electron chi connectivity index (χ2n) is 7.30. The molecule has 0 saturated heterocycles. The number of nitrogens with zero attached hydrogens (tertiary/aromatic N) is 3. The molecule has 0 atom stereocenters. The van der Waals surface area contributed by atoms with E-state index in [4.69, 9.17) is 0 Å². The Morgan fingerprint density at radius 2 is 1.82 bits per heavy atom. The van der Waals surface area contributed by atoms with Gasteiger partial charge in [0.05, 0.1) is 23.1 Å². The number of pyridine rings is 2. The summed E-state index contributed by atoms with van der Waals surface area (Å²) < 4.78 is 38.7. The van der Waals surface area contributed by atoms with Gasteiger partial charge in [0, 0.05) is 36.3 Å². The number of alkyl halides is 3. The second-order valence-corrected chi connectivity index (χ2v) is 7.30. The van der Waals surface area contributed by atoms with Crippen molar-refractivity contribution >= 4 is 23.3 Å². The summed E-state index contributed by atoms with van der Waals surface area (Å²) in [5.74, 6) is -0.220. The van der Waals surface area contributed by atoms with Crippen LogP contribution in [0.5, 0.6) is 0 Å². The first kappa shape index (κ1) is 22.8. The monoisotopic (exact) mass is 468 g/mol. The lowest BCUT2D eigenvalue weighted by molar-refractivity contribution is -0.122. The molecule has 0 spiro atoms. The highest BCUT2D eigenvalue weighted by Crippen LogP contribution is 2.26. The molecule has 4 rings (SSSR count). The number of halogens is 3. The van der Waals surface area contributed by atoms with Gasteiger partial charge in [-0.25, -0.2) is 9.78 Å². The zero-order valence-corrected chi connectivity index (χ0v) is 17.8. The smallest absolute Gasteiger partial charge is 0.355 e. The van der Waals surface area contributed by atoms with Crippen molar-refractivity contribution in [2.75, 3.05) is 18.9 Å². The summed E-state index contributed by atoms with van der Waals surface area (Å²) in [5, 5.41) is 6.71. The first-order valence-electron chi connectivity index (χ1n) is 10.1. The summed E-state index contributed by atoms with van der Waals surface area (Å²) in [6, 6.07) is 12.9. The number of benzene rings is 1. The number of urea groups is 1. The van der Waals surface area contributed by atoms with Crippen molar-refractivity contribution in [2.45, 2.75) is 6.18 Å². The first-order chi connectivity index (χ1) is 16.2. The van der Waals surface area contributed by atoms with E-state index >= 15 is 0 Å². The fourth-order valence-electron chi connectivity index (χ4n) is 3.31. The minimum absolute atomic E-state index is 0.220. The van der Waals surface area contributed by atoms with Crippen molar-refractivity contribution in [2.24, 2.45) is 0 Å². The van der Waals surface area contributed by atoms with Gasteiger partial charge in [0.15, 0.2) is 0 Å². The van der Waals surface area contributed by atoms with Gasteiger partial charge in [0.2, 0.25) is 0 Å². The lowest BCUT2D eigenvalue weighted by atomic mass is 10.1. The van der Waals surface area contributed by atoms with Crippen LogP contribution in [0.3, 0.4) is 0 Å². The Balaban J connectivity index is 1.55. The molecule has 0 bridgehead atoms. The molecule has 0 saturated carbocycles. The predicted octanol–water partition coefficient (Wildman–Crippen LogP) is 4.11.